The summed E-state index contributed by atoms with van der Waals surface area (Å²) in [6.07, 6.45) is 0. The summed E-state index contributed by atoms with van der Waals surface area (Å²) in [6, 6.07) is 9.16. The minimum atomic E-state index is 0. The highest BCUT2D eigenvalue weighted by atomic mass is 35.5. The summed E-state index contributed by atoms with van der Waals surface area (Å²) in [4.78, 5) is 11.3. The number of fused-ring (bicyclic) bond motifs is 1. The second-order valence-electron chi connectivity index (χ2n) is 3.71. The van der Waals surface area contributed by atoms with Crippen LogP contribution in [0, 0.1) is 0 Å². The molecule has 0 bridgehead atoms. The summed E-state index contributed by atoms with van der Waals surface area (Å²) in [5, 5.41) is 1.86. The Morgan fingerprint density at radius 1 is 1.24 bits per heavy atom. The van der Waals surface area contributed by atoms with Gasteiger partial charge in [-0.1, -0.05) is 6.07 Å². The van der Waals surface area contributed by atoms with Gasteiger partial charge in [-0.25, -0.2) is 0 Å². The van der Waals surface area contributed by atoms with Gasteiger partial charge in [0.25, 0.3) is 0 Å². The van der Waals surface area contributed by atoms with E-state index in [1.54, 1.807) is 13.2 Å². The molecule has 0 fully saturated rings. The van der Waals surface area contributed by atoms with Crippen LogP contribution >= 0.6 is 12.4 Å². The molecule has 0 amide bonds. The van der Waals surface area contributed by atoms with E-state index in [4.69, 9.17) is 10.5 Å². The molecular weight excluding hydrogens is 238 g/mol. The molecular formula is C13H14ClNO2. The lowest BCUT2D eigenvalue weighted by molar-refractivity contribution is 0.101. The highest BCUT2D eigenvalue weighted by Crippen LogP contribution is 2.27. The van der Waals surface area contributed by atoms with Gasteiger partial charge in [-0.15, -0.1) is 12.4 Å². The molecule has 0 radical (unpaired) electrons. The average Bonchev–Trinajstić information content (AvgIpc) is 2.28. The second kappa shape index (κ2) is 5.06. The molecule has 4 heteroatoms. The number of halogens is 1. The fraction of sp³-hybridized carbons (Fsp3) is 0.154. The first kappa shape index (κ1) is 13.3. The lowest BCUT2D eigenvalue weighted by atomic mass is 10.0. The van der Waals surface area contributed by atoms with Gasteiger partial charge in [0.1, 0.15) is 5.75 Å². The maximum atomic E-state index is 11.3. The summed E-state index contributed by atoms with van der Waals surface area (Å²) in [6.45, 7) is 1.53. The van der Waals surface area contributed by atoms with Gasteiger partial charge in [0.2, 0.25) is 0 Å². The molecule has 90 valence electrons. The molecule has 2 N–H and O–H groups in total. The Balaban J connectivity index is 0.00000144. The first-order chi connectivity index (χ1) is 7.61. The van der Waals surface area contributed by atoms with Crippen molar-refractivity contribution in [2.75, 3.05) is 12.8 Å². The Morgan fingerprint density at radius 3 is 2.53 bits per heavy atom. The van der Waals surface area contributed by atoms with Crippen molar-refractivity contribution >= 4 is 34.7 Å². The molecule has 0 aromatic heterocycles. The van der Waals surface area contributed by atoms with E-state index >= 15 is 0 Å². The number of carbonyl (C=O) groups is 1. The number of anilines is 1. The van der Waals surface area contributed by atoms with Crippen LogP contribution in [0.25, 0.3) is 10.8 Å². The minimum absolute atomic E-state index is 0. The highest BCUT2D eigenvalue weighted by Gasteiger charge is 2.05. The molecule has 0 unspecified atom stereocenters. The van der Waals surface area contributed by atoms with E-state index in [1.165, 1.54) is 6.92 Å². The number of methoxy groups -OCH3 is 1. The lowest BCUT2D eigenvalue weighted by Crippen LogP contribution is -1.96. The van der Waals surface area contributed by atoms with E-state index in [9.17, 15) is 4.79 Å². The van der Waals surface area contributed by atoms with E-state index in [0.717, 1.165) is 16.5 Å². The quantitative estimate of drug-likeness (QED) is 0.659. The van der Waals surface area contributed by atoms with Crippen LogP contribution in [-0.4, -0.2) is 12.9 Å². The van der Waals surface area contributed by atoms with Crippen molar-refractivity contribution in [3.05, 3.63) is 35.9 Å². The molecule has 0 atom stereocenters. The number of nitrogen functional groups attached to an aromatic ring is 1. The van der Waals surface area contributed by atoms with Gasteiger partial charge in [0.15, 0.2) is 5.78 Å². The maximum absolute atomic E-state index is 11.3. The van der Waals surface area contributed by atoms with Crippen LogP contribution in [-0.2, 0) is 0 Å². The largest absolute Gasteiger partial charge is 0.497 e. The zero-order chi connectivity index (χ0) is 11.7. The summed E-state index contributed by atoms with van der Waals surface area (Å²) >= 11 is 0. The summed E-state index contributed by atoms with van der Waals surface area (Å²) in [5.74, 6) is 0.777. The van der Waals surface area contributed by atoms with E-state index in [0.29, 0.717) is 11.3 Å². The minimum Gasteiger partial charge on any atom is -0.497 e. The number of benzene rings is 2. The number of ether oxygens (including phenoxy) is 1. The van der Waals surface area contributed by atoms with Crippen molar-refractivity contribution in [1.29, 1.82) is 0 Å². The Labute approximate surface area is 106 Å². The molecule has 0 saturated heterocycles. The SMILES string of the molecule is COc1ccc2cc(C(C)=O)cc(N)c2c1.Cl. The Bertz CT molecular complexity index is 567. The zero-order valence-electron chi connectivity index (χ0n) is 9.69. The van der Waals surface area contributed by atoms with Gasteiger partial charge < -0.3 is 10.5 Å². The fourth-order valence-corrected chi connectivity index (χ4v) is 1.70. The Hall–Kier alpha value is -1.74. The standard InChI is InChI=1S/C13H13NO2.ClH/c1-8(15)10-5-9-3-4-11(16-2)7-12(9)13(14)6-10;/h3-7H,14H2,1-2H3;1H. The highest BCUT2D eigenvalue weighted by molar-refractivity contribution is 6.03. The Morgan fingerprint density at radius 2 is 1.94 bits per heavy atom. The fourth-order valence-electron chi connectivity index (χ4n) is 1.70. The first-order valence-electron chi connectivity index (χ1n) is 5.00. The molecule has 0 spiro atoms. The second-order valence-corrected chi connectivity index (χ2v) is 3.71. The zero-order valence-corrected chi connectivity index (χ0v) is 10.5. The van der Waals surface area contributed by atoms with E-state index in [-0.39, 0.29) is 18.2 Å². The van der Waals surface area contributed by atoms with Gasteiger partial charge in [-0.05, 0) is 36.6 Å². The van der Waals surface area contributed by atoms with Gasteiger partial charge in [0.05, 0.1) is 7.11 Å². The third kappa shape index (κ3) is 2.50. The predicted octanol–water partition coefficient (Wildman–Crippen LogP) is 3.06. The van der Waals surface area contributed by atoms with Crippen molar-refractivity contribution in [1.82, 2.24) is 0 Å². The van der Waals surface area contributed by atoms with Crippen LogP contribution < -0.4 is 10.5 Å². The molecule has 2 aromatic rings. The normalized spacial score (nSPS) is 9.76. The maximum Gasteiger partial charge on any atom is 0.159 e. The molecule has 17 heavy (non-hydrogen) atoms. The topological polar surface area (TPSA) is 52.3 Å². The van der Waals surface area contributed by atoms with Gasteiger partial charge in [-0.2, -0.15) is 0 Å². The van der Waals surface area contributed by atoms with Crippen LogP contribution in [0.2, 0.25) is 0 Å². The molecule has 0 aliphatic heterocycles. The average molecular weight is 252 g/mol. The first-order valence-corrected chi connectivity index (χ1v) is 5.00. The van der Waals surface area contributed by atoms with Crippen molar-refractivity contribution in [3.8, 4) is 5.75 Å². The van der Waals surface area contributed by atoms with Gasteiger partial charge >= 0.3 is 0 Å². The predicted molar refractivity (Wildman–Crippen MR) is 72.2 cm³/mol. The third-order valence-corrected chi connectivity index (χ3v) is 2.60. The van der Waals surface area contributed by atoms with Crippen molar-refractivity contribution in [2.24, 2.45) is 0 Å². The van der Waals surface area contributed by atoms with Crippen LogP contribution in [0.5, 0.6) is 5.75 Å². The molecule has 0 aliphatic carbocycles. The number of ketones is 1. The molecule has 0 aliphatic rings. The number of carbonyl (C=O) groups excluding carboxylic acids is 1. The van der Waals surface area contributed by atoms with Crippen molar-refractivity contribution in [2.45, 2.75) is 6.92 Å². The molecule has 2 aromatic carbocycles. The molecule has 0 saturated carbocycles. The van der Waals surface area contributed by atoms with E-state index in [2.05, 4.69) is 0 Å². The number of nitrogens with two attached hydrogens (primary N) is 1. The van der Waals surface area contributed by atoms with Crippen molar-refractivity contribution in [3.63, 3.8) is 0 Å². The molecule has 2 rings (SSSR count). The Kier molecular flexibility index (Phi) is 3.97. The number of rotatable bonds is 2. The third-order valence-electron chi connectivity index (χ3n) is 2.60. The van der Waals surface area contributed by atoms with E-state index < -0.39 is 0 Å². The number of hydrogen-bond donors (Lipinski definition) is 1. The summed E-state index contributed by atoms with van der Waals surface area (Å²) in [7, 11) is 1.61. The van der Waals surface area contributed by atoms with Crippen LogP contribution in [0.15, 0.2) is 30.3 Å². The molecule has 3 nitrogen and oxygen atoms in total. The number of Topliss-reactive ketones (excluding diaryl/α,β-unsaturated/α-hetero) is 1. The van der Waals surface area contributed by atoms with Crippen LogP contribution in [0.3, 0.4) is 0 Å². The van der Waals surface area contributed by atoms with Crippen molar-refractivity contribution < 1.29 is 9.53 Å². The monoisotopic (exact) mass is 251 g/mol. The lowest BCUT2D eigenvalue weighted by Gasteiger charge is -2.07. The molecule has 0 heterocycles. The van der Waals surface area contributed by atoms with Gasteiger partial charge in [0, 0.05) is 16.6 Å². The van der Waals surface area contributed by atoms with Gasteiger partial charge in [-0.3, -0.25) is 4.79 Å². The van der Waals surface area contributed by atoms with E-state index in [1.807, 2.05) is 24.3 Å². The van der Waals surface area contributed by atoms with Crippen LogP contribution in [0.4, 0.5) is 5.69 Å². The smallest absolute Gasteiger partial charge is 0.159 e. The number of hydrogen-bond acceptors (Lipinski definition) is 3. The summed E-state index contributed by atoms with van der Waals surface area (Å²) in [5.41, 5.74) is 7.14. The summed E-state index contributed by atoms with van der Waals surface area (Å²) < 4.78 is 5.13. The van der Waals surface area contributed by atoms with Crippen LogP contribution in [0.1, 0.15) is 17.3 Å².